The molecule has 0 radical (unpaired) electrons. The van der Waals surface area contributed by atoms with Crippen LogP contribution in [-0.4, -0.2) is 41.5 Å². The van der Waals surface area contributed by atoms with E-state index in [1.165, 1.54) is 51.4 Å². The molecule has 236 valence electrons. The van der Waals surface area contributed by atoms with Crippen LogP contribution in [0.15, 0.2) is 12.1 Å². The van der Waals surface area contributed by atoms with Crippen molar-refractivity contribution in [1.29, 1.82) is 0 Å². The van der Waals surface area contributed by atoms with Crippen LogP contribution in [0.2, 0.25) is 0 Å². The molecule has 3 fully saturated rings. The van der Waals surface area contributed by atoms with Crippen molar-refractivity contribution in [3.8, 4) is 5.75 Å². The Morgan fingerprint density at radius 2 is 1.81 bits per heavy atom. The van der Waals surface area contributed by atoms with Gasteiger partial charge in [0.15, 0.2) is 0 Å². The fourth-order valence-corrected chi connectivity index (χ4v) is 8.25. The Labute approximate surface area is 256 Å². The summed E-state index contributed by atoms with van der Waals surface area (Å²) in [7, 11) is 1.62. The number of ether oxygens (including phenoxy) is 1. The number of unbranched alkanes of at least 4 members (excludes halogenated alkanes) is 1. The van der Waals surface area contributed by atoms with Crippen LogP contribution < -0.4 is 15.8 Å². The smallest absolute Gasteiger partial charge is 0.306 e. The number of carbonyl (C=O) groups is 3. The van der Waals surface area contributed by atoms with Gasteiger partial charge >= 0.3 is 5.97 Å². The van der Waals surface area contributed by atoms with Gasteiger partial charge in [0, 0.05) is 6.04 Å². The largest absolute Gasteiger partial charge is 0.496 e. The first-order valence-electron chi connectivity index (χ1n) is 15.8. The van der Waals surface area contributed by atoms with E-state index in [1.807, 2.05) is 32.9 Å². The number of hydrogen-bond acceptors (Lipinski definition) is 6. The second kappa shape index (κ2) is 16.8. The molecule has 4 N–H and O–H groups in total. The molecule has 42 heavy (non-hydrogen) atoms. The lowest BCUT2D eigenvalue weighted by molar-refractivity contribution is -0.151. The Hall–Kier alpha value is -2.68. The zero-order chi connectivity index (χ0) is 31.4. The van der Waals surface area contributed by atoms with E-state index in [0.29, 0.717) is 34.6 Å². The van der Waals surface area contributed by atoms with Crippen LogP contribution in [0, 0.1) is 36.0 Å². The van der Waals surface area contributed by atoms with Crippen molar-refractivity contribution in [3.05, 3.63) is 22.7 Å². The molecular weight excluding hydrogens is 550 g/mol. The molecule has 3 aliphatic rings. The maximum Gasteiger partial charge on any atom is 0.306 e. The highest BCUT2D eigenvalue weighted by atomic mass is 32.1. The topological polar surface area (TPSA) is 132 Å². The van der Waals surface area contributed by atoms with E-state index in [9.17, 15) is 9.59 Å². The van der Waals surface area contributed by atoms with Gasteiger partial charge in [-0.25, -0.2) is 4.98 Å². The number of hydrogen-bond donors (Lipinski definition) is 3. The molecule has 0 aliphatic heterocycles. The predicted molar refractivity (Wildman–Crippen MR) is 171 cm³/mol. The van der Waals surface area contributed by atoms with Gasteiger partial charge in [-0.3, -0.25) is 14.4 Å². The van der Waals surface area contributed by atoms with E-state index in [2.05, 4.69) is 36.8 Å². The Kier molecular flexibility index (Phi) is 14.2. The maximum absolute atomic E-state index is 13.0. The lowest BCUT2D eigenvalue weighted by Gasteiger charge is -2.46. The average molecular weight is 604 g/mol. The van der Waals surface area contributed by atoms with Crippen molar-refractivity contribution in [1.82, 2.24) is 10.3 Å². The highest BCUT2D eigenvalue weighted by Gasteiger charge is 2.47. The number of aliphatic carboxylic acids is 1. The van der Waals surface area contributed by atoms with Gasteiger partial charge < -0.3 is 20.9 Å². The van der Waals surface area contributed by atoms with Gasteiger partial charge in [-0.1, -0.05) is 53.9 Å². The zero-order valence-corrected chi connectivity index (χ0v) is 27.5. The normalized spacial score (nSPS) is 26.8. The number of nitrogens with two attached hydrogens (primary N) is 1. The summed E-state index contributed by atoms with van der Waals surface area (Å²) in [6.45, 7) is 12.6. The fraction of sp³-hybridized carbons (Fsp3) is 0.697. The molecule has 4 unspecified atom stereocenters. The molecule has 1 aromatic heterocycles. The van der Waals surface area contributed by atoms with Crippen molar-refractivity contribution in [3.63, 3.8) is 0 Å². The highest BCUT2D eigenvalue weighted by molar-refractivity contribution is 7.19. The maximum atomic E-state index is 13.0. The van der Waals surface area contributed by atoms with Crippen molar-refractivity contribution in [2.24, 2.45) is 34.8 Å². The number of amides is 2. The SMILES string of the molecule is CC.CCCCC1(CCC)CC(C(=O)O)C1.COc1ccc2nc(C)sc2c1C(=O)NC1C2CCC(C2)C1C.NC=O. The Bertz CT molecular complexity index is 1160. The van der Waals surface area contributed by atoms with Gasteiger partial charge in [0.05, 0.1) is 28.3 Å². The fourth-order valence-electron chi connectivity index (χ4n) is 7.30. The molecular formula is C33H53N3O5S. The van der Waals surface area contributed by atoms with Crippen LogP contribution in [0.5, 0.6) is 5.75 Å². The van der Waals surface area contributed by atoms with Crippen molar-refractivity contribution >= 4 is 39.8 Å². The van der Waals surface area contributed by atoms with Crippen molar-refractivity contribution in [2.75, 3.05) is 7.11 Å². The predicted octanol–water partition coefficient (Wildman–Crippen LogP) is 7.36. The van der Waals surface area contributed by atoms with E-state index < -0.39 is 5.97 Å². The minimum atomic E-state index is -0.590. The lowest BCUT2D eigenvalue weighted by Crippen LogP contribution is -2.43. The molecule has 8 nitrogen and oxygen atoms in total. The van der Waals surface area contributed by atoms with Crippen molar-refractivity contribution in [2.45, 2.75) is 112 Å². The summed E-state index contributed by atoms with van der Waals surface area (Å²) in [5.74, 6) is 1.99. The second-order valence-electron chi connectivity index (χ2n) is 11.8. The number of thiazole rings is 1. The summed E-state index contributed by atoms with van der Waals surface area (Å²) in [6.07, 6.45) is 12.1. The first kappa shape index (κ1) is 35.5. The zero-order valence-electron chi connectivity index (χ0n) is 26.7. The van der Waals surface area contributed by atoms with E-state index in [4.69, 9.17) is 14.6 Å². The van der Waals surface area contributed by atoms with Crippen LogP contribution in [0.4, 0.5) is 0 Å². The third kappa shape index (κ3) is 8.45. The third-order valence-corrected chi connectivity index (χ3v) is 10.3. The van der Waals surface area contributed by atoms with Crippen molar-refractivity contribution < 1.29 is 24.2 Å². The Morgan fingerprint density at radius 3 is 2.33 bits per heavy atom. The van der Waals surface area contributed by atoms with Crippen LogP contribution in [0.3, 0.4) is 0 Å². The van der Waals surface area contributed by atoms with Gasteiger partial charge in [0.2, 0.25) is 6.41 Å². The second-order valence-corrected chi connectivity index (χ2v) is 13.1. The highest BCUT2D eigenvalue weighted by Crippen LogP contribution is 2.52. The number of carboxylic acid groups (broad SMARTS) is 1. The Balaban J connectivity index is 0.000000279. The molecule has 2 bridgehead atoms. The van der Waals surface area contributed by atoms with Crippen LogP contribution in [-0.2, 0) is 9.59 Å². The summed E-state index contributed by atoms with van der Waals surface area (Å²) < 4.78 is 6.38. The molecule has 1 heterocycles. The number of carbonyl (C=O) groups excluding carboxylic acids is 2. The molecule has 3 saturated carbocycles. The standard InChI is InChI=1S/C18H22N2O2S.C12H22O2.C2H6.CH3NO/c1-9-11-4-5-12(8-11)16(9)20-18(21)15-14(22-3)7-6-13-17(15)23-10(2)19-13;1-3-5-7-12(6-4-2)8-10(9-12)11(13)14;1-2;2-1-3/h6-7,9,11-12,16H,4-5,8H2,1-3H3,(H,20,21);10H,3-9H2,1-2H3,(H,13,14);1-2H3;1H,(H2,2,3). The summed E-state index contributed by atoms with van der Waals surface area (Å²) in [5.41, 5.74) is 6.08. The molecule has 5 rings (SSSR count). The van der Waals surface area contributed by atoms with Gasteiger partial charge in [-0.15, -0.1) is 11.3 Å². The number of fused-ring (bicyclic) bond motifs is 3. The molecule has 0 saturated heterocycles. The number of rotatable bonds is 9. The van der Waals surface area contributed by atoms with Crippen LogP contribution in [0.25, 0.3) is 10.2 Å². The first-order valence-corrected chi connectivity index (χ1v) is 16.6. The molecule has 2 aromatic rings. The molecule has 2 amide bonds. The molecule has 9 heteroatoms. The number of nitrogens with zero attached hydrogens (tertiary/aromatic N) is 1. The average Bonchev–Trinajstić information content (AvgIpc) is 3.66. The van der Waals surface area contributed by atoms with Crippen LogP contribution >= 0.6 is 11.3 Å². The van der Waals surface area contributed by atoms with Gasteiger partial charge in [-0.05, 0) is 87.2 Å². The number of aryl methyl sites for hydroxylation is 1. The summed E-state index contributed by atoms with van der Waals surface area (Å²) in [4.78, 5) is 36.8. The van der Waals surface area contributed by atoms with Crippen LogP contribution in [0.1, 0.15) is 114 Å². The minimum Gasteiger partial charge on any atom is -0.496 e. The summed E-state index contributed by atoms with van der Waals surface area (Å²) in [6, 6.07) is 4.07. The number of aromatic nitrogens is 1. The van der Waals surface area contributed by atoms with Gasteiger partial charge in [0.1, 0.15) is 11.3 Å². The molecule has 0 spiro atoms. The molecule has 3 aliphatic carbocycles. The lowest BCUT2D eigenvalue weighted by atomic mass is 9.58. The molecule has 1 aromatic carbocycles. The van der Waals surface area contributed by atoms with E-state index >= 15 is 0 Å². The van der Waals surface area contributed by atoms with E-state index in [1.54, 1.807) is 18.4 Å². The molecule has 4 atom stereocenters. The van der Waals surface area contributed by atoms with Gasteiger partial charge in [0.25, 0.3) is 5.91 Å². The Morgan fingerprint density at radius 1 is 1.17 bits per heavy atom. The third-order valence-electron chi connectivity index (χ3n) is 9.25. The number of primary amides is 1. The minimum absolute atomic E-state index is 0.0134. The van der Waals surface area contributed by atoms with E-state index in [0.717, 1.165) is 34.0 Å². The number of nitrogens with one attached hydrogen (secondary N) is 1. The monoisotopic (exact) mass is 603 g/mol. The summed E-state index contributed by atoms with van der Waals surface area (Å²) >= 11 is 1.56. The quantitative estimate of drug-likeness (QED) is 0.257. The van der Waals surface area contributed by atoms with E-state index in [-0.39, 0.29) is 18.2 Å². The number of methoxy groups -OCH3 is 1. The summed E-state index contributed by atoms with van der Waals surface area (Å²) in [5, 5.41) is 13.1. The number of benzene rings is 1. The number of carboxylic acids is 1. The van der Waals surface area contributed by atoms with Gasteiger partial charge in [-0.2, -0.15) is 0 Å². The first-order chi connectivity index (χ1) is 20.1.